The van der Waals surface area contributed by atoms with Crippen molar-refractivity contribution in [2.75, 3.05) is 0 Å². The van der Waals surface area contributed by atoms with E-state index in [2.05, 4.69) is 18.3 Å². The molecule has 0 bridgehead atoms. The standard InChI is InChI=1S/C16H15ClN2/c1-12(15-5-7-16(17)8-6-15)19-11-14-4-2-3-13(9-14)10-18/h2-9,12,19H,11H2,1H3. The minimum atomic E-state index is 0.239. The lowest BCUT2D eigenvalue weighted by Gasteiger charge is -2.14. The fraction of sp³-hybridized carbons (Fsp3) is 0.188. The predicted molar refractivity (Wildman–Crippen MR) is 77.9 cm³/mol. The second kappa shape index (κ2) is 6.38. The number of halogens is 1. The lowest BCUT2D eigenvalue weighted by Crippen LogP contribution is -2.18. The number of nitrogens with one attached hydrogen (secondary N) is 1. The Balaban J connectivity index is 1.98. The van der Waals surface area contributed by atoms with Crippen LogP contribution in [0.1, 0.15) is 29.7 Å². The molecule has 2 rings (SSSR count). The van der Waals surface area contributed by atoms with Gasteiger partial charge in [-0.1, -0.05) is 35.9 Å². The molecular formula is C16H15ClN2. The molecule has 0 spiro atoms. The molecule has 1 unspecified atom stereocenters. The Morgan fingerprint density at radius 1 is 1.21 bits per heavy atom. The Kier molecular flexibility index (Phi) is 4.57. The van der Waals surface area contributed by atoms with E-state index in [0.717, 1.165) is 17.1 Å². The van der Waals surface area contributed by atoms with E-state index in [4.69, 9.17) is 16.9 Å². The van der Waals surface area contributed by atoms with Gasteiger partial charge in [-0.3, -0.25) is 0 Å². The molecule has 19 heavy (non-hydrogen) atoms. The van der Waals surface area contributed by atoms with Crippen molar-refractivity contribution in [3.05, 3.63) is 70.2 Å². The molecule has 1 N–H and O–H groups in total. The van der Waals surface area contributed by atoms with Gasteiger partial charge in [-0.25, -0.2) is 0 Å². The topological polar surface area (TPSA) is 35.8 Å². The van der Waals surface area contributed by atoms with E-state index in [1.54, 1.807) is 0 Å². The lowest BCUT2D eigenvalue weighted by molar-refractivity contribution is 0.574. The summed E-state index contributed by atoms with van der Waals surface area (Å²) in [4.78, 5) is 0. The largest absolute Gasteiger partial charge is 0.306 e. The smallest absolute Gasteiger partial charge is 0.0991 e. The fourth-order valence-electron chi connectivity index (χ4n) is 1.89. The second-order valence-corrected chi connectivity index (χ2v) is 4.90. The molecule has 0 aliphatic rings. The summed E-state index contributed by atoms with van der Waals surface area (Å²) in [6.45, 7) is 2.84. The quantitative estimate of drug-likeness (QED) is 0.909. The average Bonchev–Trinajstić information content (AvgIpc) is 2.46. The van der Waals surface area contributed by atoms with Crippen molar-refractivity contribution >= 4 is 11.6 Å². The minimum absolute atomic E-state index is 0.239. The maximum Gasteiger partial charge on any atom is 0.0991 e. The molecule has 0 aliphatic carbocycles. The molecule has 0 aliphatic heterocycles. The van der Waals surface area contributed by atoms with Crippen molar-refractivity contribution in [3.8, 4) is 6.07 Å². The van der Waals surface area contributed by atoms with E-state index < -0.39 is 0 Å². The van der Waals surface area contributed by atoms with E-state index in [-0.39, 0.29) is 6.04 Å². The lowest BCUT2D eigenvalue weighted by atomic mass is 10.1. The molecular weight excluding hydrogens is 256 g/mol. The third-order valence-electron chi connectivity index (χ3n) is 3.04. The fourth-order valence-corrected chi connectivity index (χ4v) is 2.02. The first kappa shape index (κ1) is 13.6. The zero-order valence-electron chi connectivity index (χ0n) is 10.7. The molecule has 1 atom stereocenters. The van der Waals surface area contributed by atoms with Crippen LogP contribution >= 0.6 is 11.6 Å². The van der Waals surface area contributed by atoms with Gasteiger partial charge in [-0.05, 0) is 42.3 Å². The Morgan fingerprint density at radius 3 is 2.63 bits per heavy atom. The number of nitrogens with zero attached hydrogens (tertiary/aromatic N) is 1. The highest BCUT2D eigenvalue weighted by Gasteiger charge is 2.04. The van der Waals surface area contributed by atoms with Crippen LogP contribution in [0, 0.1) is 11.3 Å². The SMILES string of the molecule is CC(NCc1cccc(C#N)c1)c1ccc(Cl)cc1. The highest BCUT2D eigenvalue weighted by Crippen LogP contribution is 2.16. The summed E-state index contributed by atoms with van der Waals surface area (Å²) in [5.74, 6) is 0. The van der Waals surface area contributed by atoms with Gasteiger partial charge in [0.2, 0.25) is 0 Å². The third kappa shape index (κ3) is 3.82. The highest BCUT2D eigenvalue weighted by molar-refractivity contribution is 6.30. The van der Waals surface area contributed by atoms with Crippen LogP contribution in [0.3, 0.4) is 0 Å². The molecule has 0 aromatic heterocycles. The van der Waals surface area contributed by atoms with E-state index >= 15 is 0 Å². The summed E-state index contributed by atoms with van der Waals surface area (Å²) in [7, 11) is 0. The van der Waals surface area contributed by atoms with E-state index in [9.17, 15) is 0 Å². The molecule has 2 nitrogen and oxygen atoms in total. The molecule has 2 aromatic carbocycles. The number of benzene rings is 2. The van der Waals surface area contributed by atoms with Gasteiger partial charge < -0.3 is 5.32 Å². The number of rotatable bonds is 4. The third-order valence-corrected chi connectivity index (χ3v) is 3.29. The average molecular weight is 271 g/mol. The van der Waals surface area contributed by atoms with Crippen molar-refractivity contribution in [1.82, 2.24) is 5.32 Å². The van der Waals surface area contributed by atoms with Crippen molar-refractivity contribution in [1.29, 1.82) is 5.26 Å². The highest BCUT2D eigenvalue weighted by atomic mass is 35.5. The van der Waals surface area contributed by atoms with Crippen molar-refractivity contribution in [2.24, 2.45) is 0 Å². The van der Waals surface area contributed by atoms with Crippen molar-refractivity contribution in [2.45, 2.75) is 19.5 Å². The molecule has 96 valence electrons. The number of hydrogen-bond donors (Lipinski definition) is 1. The Bertz CT molecular complexity index is 584. The predicted octanol–water partition coefficient (Wildman–Crippen LogP) is 4.06. The van der Waals surface area contributed by atoms with Crippen LogP contribution in [0.25, 0.3) is 0 Å². The van der Waals surface area contributed by atoms with Crippen LogP contribution in [0.5, 0.6) is 0 Å². The van der Waals surface area contributed by atoms with E-state index in [0.29, 0.717) is 5.56 Å². The molecule has 0 heterocycles. The monoisotopic (exact) mass is 270 g/mol. The van der Waals surface area contributed by atoms with Crippen LogP contribution in [-0.2, 0) is 6.54 Å². The maximum atomic E-state index is 8.86. The Labute approximate surface area is 118 Å². The second-order valence-electron chi connectivity index (χ2n) is 4.47. The number of nitriles is 1. The van der Waals surface area contributed by atoms with Crippen LogP contribution < -0.4 is 5.32 Å². The molecule has 0 saturated carbocycles. The summed E-state index contributed by atoms with van der Waals surface area (Å²) < 4.78 is 0. The Hall–Kier alpha value is -1.82. The molecule has 0 saturated heterocycles. The van der Waals surface area contributed by atoms with Gasteiger partial charge >= 0.3 is 0 Å². The van der Waals surface area contributed by atoms with Crippen LogP contribution in [0.4, 0.5) is 0 Å². The van der Waals surface area contributed by atoms with Crippen LogP contribution in [0.2, 0.25) is 5.02 Å². The van der Waals surface area contributed by atoms with E-state index in [1.807, 2.05) is 48.5 Å². The minimum Gasteiger partial charge on any atom is -0.306 e. The summed E-state index contributed by atoms with van der Waals surface area (Å²) in [6.07, 6.45) is 0. The molecule has 2 aromatic rings. The maximum absolute atomic E-state index is 8.86. The van der Waals surface area contributed by atoms with Crippen LogP contribution in [-0.4, -0.2) is 0 Å². The van der Waals surface area contributed by atoms with Gasteiger partial charge in [0.05, 0.1) is 11.6 Å². The van der Waals surface area contributed by atoms with Gasteiger partial charge in [0.1, 0.15) is 0 Å². The van der Waals surface area contributed by atoms with Crippen LogP contribution in [0.15, 0.2) is 48.5 Å². The van der Waals surface area contributed by atoms with Crippen molar-refractivity contribution in [3.63, 3.8) is 0 Å². The summed E-state index contributed by atoms with van der Waals surface area (Å²) >= 11 is 5.87. The first-order valence-electron chi connectivity index (χ1n) is 6.17. The first-order chi connectivity index (χ1) is 9.19. The van der Waals surface area contributed by atoms with Gasteiger partial charge in [0, 0.05) is 17.6 Å². The van der Waals surface area contributed by atoms with Gasteiger partial charge in [0.15, 0.2) is 0 Å². The Morgan fingerprint density at radius 2 is 1.95 bits per heavy atom. The molecule has 0 amide bonds. The normalized spacial score (nSPS) is 11.8. The zero-order chi connectivity index (χ0) is 13.7. The molecule has 3 heteroatoms. The zero-order valence-corrected chi connectivity index (χ0v) is 11.5. The van der Waals surface area contributed by atoms with Crippen molar-refractivity contribution < 1.29 is 0 Å². The number of hydrogen-bond acceptors (Lipinski definition) is 2. The summed E-state index contributed by atoms with van der Waals surface area (Å²) in [5.41, 5.74) is 3.00. The first-order valence-corrected chi connectivity index (χ1v) is 6.55. The summed E-state index contributed by atoms with van der Waals surface area (Å²) in [6, 6.07) is 17.9. The van der Waals surface area contributed by atoms with Gasteiger partial charge in [-0.15, -0.1) is 0 Å². The van der Waals surface area contributed by atoms with Gasteiger partial charge in [-0.2, -0.15) is 5.26 Å². The molecule has 0 fully saturated rings. The van der Waals surface area contributed by atoms with Gasteiger partial charge in [0.25, 0.3) is 0 Å². The summed E-state index contributed by atoms with van der Waals surface area (Å²) in [5, 5.41) is 13.0. The molecule has 0 radical (unpaired) electrons. The van der Waals surface area contributed by atoms with E-state index in [1.165, 1.54) is 5.56 Å².